The number of carbonyl (C=O) groups excluding carboxylic acids is 2. The van der Waals surface area contributed by atoms with Gasteiger partial charge in [0, 0.05) is 32.6 Å². The predicted molar refractivity (Wildman–Crippen MR) is 84.2 cm³/mol. The number of benzene rings is 1. The van der Waals surface area contributed by atoms with Crippen LogP contribution in [0.3, 0.4) is 0 Å². The van der Waals surface area contributed by atoms with Crippen molar-refractivity contribution in [3.05, 3.63) is 35.9 Å². The van der Waals surface area contributed by atoms with Crippen LogP contribution in [0.5, 0.6) is 0 Å². The maximum Gasteiger partial charge on any atom is 0.241 e. The fourth-order valence-electron chi connectivity index (χ4n) is 3.25. The Labute approximate surface area is 131 Å². The first kappa shape index (κ1) is 15.2. The molecule has 1 atom stereocenters. The van der Waals surface area contributed by atoms with Gasteiger partial charge in [-0.1, -0.05) is 30.3 Å². The van der Waals surface area contributed by atoms with Gasteiger partial charge in [0.25, 0.3) is 0 Å². The fourth-order valence-corrected chi connectivity index (χ4v) is 3.25. The molecule has 5 heteroatoms. The molecule has 0 radical (unpaired) electrons. The highest BCUT2D eigenvalue weighted by atomic mass is 16.2. The number of imide groups is 1. The van der Waals surface area contributed by atoms with E-state index in [4.69, 9.17) is 0 Å². The number of amides is 2. The highest BCUT2D eigenvalue weighted by Gasteiger charge is 2.49. The van der Waals surface area contributed by atoms with Crippen molar-refractivity contribution in [2.24, 2.45) is 0 Å². The van der Waals surface area contributed by atoms with Crippen LogP contribution in [0.15, 0.2) is 30.3 Å². The first-order valence-corrected chi connectivity index (χ1v) is 7.82. The first-order valence-electron chi connectivity index (χ1n) is 7.82. The molecule has 1 aromatic rings. The van der Waals surface area contributed by atoms with Gasteiger partial charge in [-0.2, -0.15) is 0 Å². The van der Waals surface area contributed by atoms with E-state index in [-0.39, 0.29) is 18.2 Å². The SMILES string of the molecule is CN1CCN(CN2C(=O)CC(C)(c3ccccc3)C2=O)CC1. The Morgan fingerprint density at radius 2 is 1.68 bits per heavy atom. The highest BCUT2D eigenvalue weighted by Crippen LogP contribution is 2.36. The van der Waals surface area contributed by atoms with Crippen LogP contribution in [0, 0.1) is 0 Å². The van der Waals surface area contributed by atoms with E-state index in [0.29, 0.717) is 6.67 Å². The molecule has 0 N–H and O–H groups in total. The maximum atomic E-state index is 12.8. The molecule has 118 valence electrons. The quantitative estimate of drug-likeness (QED) is 0.779. The van der Waals surface area contributed by atoms with E-state index in [9.17, 15) is 9.59 Å². The van der Waals surface area contributed by atoms with Gasteiger partial charge in [-0.05, 0) is 19.5 Å². The summed E-state index contributed by atoms with van der Waals surface area (Å²) in [5.41, 5.74) is 0.208. The zero-order valence-electron chi connectivity index (χ0n) is 13.3. The van der Waals surface area contributed by atoms with E-state index < -0.39 is 5.41 Å². The monoisotopic (exact) mass is 301 g/mol. The molecule has 0 saturated carbocycles. The molecule has 2 aliphatic rings. The lowest BCUT2D eigenvalue weighted by Gasteiger charge is -2.34. The van der Waals surface area contributed by atoms with Crippen molar-refractivity contribution in [1.82, 2.24) is 14.7 Å². The van der Waals surface area contributed by atoms with E-state index in [2.05, 4.69) is 16.8 Å². The molecule has 5 nitrogen and oxygen atoms in total. The molecular weight excluding hydrogens is 278 g/mol. The van der Waals surface area contributed by atoms with Crippen molar-refractivity contribution in [2.45, 2.75) is 18.8 Å². The van der Waals surface area contributed by atoms with Crippen molar-refractivity contribution in [1.29, 1.82) is 0 Å². The van der Waals surface area contributed by atoms with Crippen LogP contribution in [0.2, 0.25) is 0 Å². The van der Waals surface area contributed by atoms with Crippen molar-refractivity contribution >= 4 is 11.8 Å². The van der Waals surface area contributed by atoms with Crippen LogP contribution in [-0.2, 0) is 15.0 Å². The molecule has 22 heavy (non-hydrogen) atoms. The van der Waals surface area contributed by atoms with Gasteiger partial charge in [0.1, 0.15) is 0 Å². The summed E-state index contributed by atoms with van der Waals surface area (Å²) in [6.45, 7) is 6.06. The van der Waals surface area contributed by atoms with Gasteiger partial charge in [0.2, 0.25) is 11.8 Å². The lowest BCUT2D eigenvalue weighted by molar-refractivity contribution is -0.142. The maximum absolute atomic E-state index is 12.8. The Kier molecular flexibility index (Phi) is 4.02. The van der Waals surface area contributed by atoms with E-state index >= 15 is 0 Å². The minimum absolute atomic E-state index is 0.0599. The molecule has 1 unspecified atom stereocenters. The van der Waals surface area contributed by atoms with E-state index in [1.54, 1.807) is 0 Å². The summed E-state index contributed by atoms with van der Waals surface area (Å²) in [4.78, 5) is 31.1. The zero-order chi connectivity index (χ0) is 15.7. The minimum Gasteiger partial charge on any atom is -0.304 e. The number of rotatable bonds is 3. The van der Waals surface area contributed by atoms with Crippen LogP contribution in [0.4, 0.5) is 0 Å². The Balaban J connectivity index is 1.74. The summed E-state index contributed by atoms with van der Waals surface area (Å²) in [6, 6.07) is 9.63. The number of hydrogen-bond acceptors (Lipinski definition) is 4. The normalized spacial score (nSPS) is 27.6. The van der Waals surface area contributed by atoms with Gasteiger partial charge >= 0.3 is 0 Å². The summed E-state index contributed by atoms with van der Waals surface area (Å²) in [5, 5.41) is 0. The van der Waals surface area contributed by atoms with Crippen LogP contribution in [0.1, 0.15) is 18.9 Å². The molecule has 2 heterocycles. The molecule has 2 fully saturated rings. The summed E-state index contributed by atoms with van der Waals surface area (Å²) >= 11 is 0. The summed E-state index contributed by atoms with van der Waals surface area (Å²) in [6.07, 6.45) is 0.267. The lowest BCUT2D eigenvalue weighted by atomic mass is 9.81. The van der Waals surface area contributed by atoms with Gasteiger partial charge in [0.15, 0.2) is 0 Å². The molecule has 0 aromatic heterocycles. The molecule has 2 aliphatic heterocycles. The number of nitrogens with zero attached hydrogens (tertiary/aromatic N) is 3. The number of likely N-dealkylation sites (tertiary alicyclic amines) is 1. The number of hydrogen-bond donors (Lipinski definition) is 0. The second-order valence-electron chi connectivity index (χ2n) is 6.56. The average molecular weight is 301 g/mol. The third-order valence-electron chi connectivity index (χ3n) is 4.87. The Hall–Kier alpha value is -1.72. The molecular formula is C17H23N3O2. The molecule has 2 amide bonds. The van der Waals surface area contributed by atoms with Crippen LogP contribution in [-0.4, -0.2) is 66.4 Å². The van der Waals surface area contributed by atoms with Crippen molar-refractivity contribution < 1.29 is 9.59 Å². The number of likely N-dealkylation sites (N-methyl/N-ethyl adjacent to an activating group) is 1. The van der Waals surface area contributed by atoms with Crippen LogP contribution >= 0.6 is 0 Å². The highest BCUT2D eigenvalue weighted by molar-refractivity contribution is 6.08. The van der Waals surface area contributed by atoms with Gasteiger partial charge in [-0.15, -0.1) is 0 Å². The van der Waals surface area contributed by atoms with Crippen LogP contribution < -0.4 is 0 Å². The van der Waals surface area contributed by atoms with Gasteiger partial charge < -0.3 is 4.90 Å². The van der Waals surface area contributed by atoms with E-state index in [1.165, 1.54) is 4.90 Å². The summed E-state index contributed by atoms with van der Waals surface area (Å²) in [7, 11) is 2.09. The average Bonchev–Trinajstić information content (AvgIpc) is 2.75. The fraction of sp³-hybridized carbons (Fsp3) is 0.529. The summed E-state index contributed by atoms with van der Waals surface area (Å²) < 4.78 is 0. The molecule has 3 rings (SSSR count). The number of carbonyl (C=O) groups is 2. The van der Waals surface area contributed by atoms with Gasteiger partial charge in [-0.3, -0.25) is 19.4 Å². The molecule has 0 bridgehead atoms. The molecule has 1 aromatic carbocycles. The van der Waals surface area contributed by atoms with E-state index in [0.717, 1.165) is 31.7 Å². The molecule has 2 saturated heterocycles. The smallest absolute Gasteiger partial charge is 0.241 e. The Morgan fingerprint density at radius 3 is 2.32 bits per heavy atom. The standard InChI is InChI=1S/C17H23N3O2/c1-17(14-6-4-3-5-7-14)12-15(21)20(16(17)22)13-19-10-8-18(2)9-11-19/h3-7H,8-13H2,1-2H3. The molecule has 0 aliphatic carbocycles. The van der Waals surface area contributed by atoms with Crippen LogP contribution in [0.25, 0.3) is 0 Å². The van der Waals surface area contributed by atoms with Crippen molar-refractivity contribution in [3.63, 3.8) is 0 Å². The summed E-state index contributed by atoms with van der Waals surface area (Å²) in [5.74, 6) is -0.127. The predicted octanol–water partition coefficient (Wildman–Crippen LogP) is 0.908. The van der Waals surface area contributed by atoms with Crippen molar-refractivity contribution in [3.8, 4) is 0 Å². The number of piperazine rings is 1. The second-order valence-corrected chi connectivity index (χ2v) is 6.56. The second kappa shape index (κ2) is 5.82. The third kappa shape index (κ3) is 2.66. The van der Waals surface area contributed by atoms with E-state index in [1.807, 2.05) is 37.3 Å². The minimum atomic E-state index is -0.717. The first-order chi connectivity index (χ1) is 10.5. The Morgan fingerprint density at radius 1 is 1.05 bits per heavy atom. The van der Waals surface area contributed by atoms with Gasteiger partial charge in [0.05, 0.1) is 12.1 Å². The molecule has 0 spiro atoms. The largest absolute Gasteiger partial charge is 0.304 e. The lowest BCUT2D eigenvalue weighted by Crippen LogP contribution is -2.50. The van der Waals surface area contributed by atoms with Gasteiger partial charge in [-0.25, -0.2) is 0 Å². The van der Waals surface area contributed by atoms with Crippen molar-refractivity contribution in [2.75, 3.05) is 39.9 Å². The topological polar surface area (TPSA) is 43.9 Å². The zero-order valence-corrected chi connectivity index (χ0v) is 13.3. The Bertz CT molecular complexity index is 567. The third-order valence-corrected chi connectivity index (χ3v) is 4.87.